The predicted octanol–water partition coefficient (Wildman–Crippen LogP) is 3.01. The van der Waals surface area contributed by atoms with Crippen molar-refractivity contribution in [2.45, 2.75) is 51.5 Å². The van der Waals surface area contributed by atoms with Crippen molar-refractivity contribution >= 4 is 0 Å². The Bertz CT molecular complexity index is 321. The van der Waals surface area contributed by atoms with Crippen LogP contribution in [0.15, 0.2) is 10.5 Å². The lowest BCUT2D eigenvalue weighted by Gasteiger charge is -2.33. The van der Waals surface area contributed by atoms with Gasteiger partial charge < -0.3 is 10.2 Å². The summed E-state index contributed by atoms with van der Waals surface area (Å²) < 4.78 is 5.55. The minimum absolute atomic E-state index is 0.111. The topological polar surface area (TPSA) is 39.2 Å². The smallest absolute Gasteiger partial charge is 0.106 e. The normalized spacial score (nSPS) is 21.1. The van der Waals surface area contributed by atoms with E-state index in [1.807, 2.05) is 13.8 Å². The van der Waals surface area contributed by atoms with E-state index in [1.54, 1.807) is 0 Å². The van der Waals surface area contributed by atoms with Crippen molar-refractivity contribution in [1.82, 2.24) is 0 Å². The van der Waals surface area contributed by atoms with Crippen LogP contribution in [-0.4, -0.2) is 0 Å². The Morgan fingerprint density at radius 2 is 1.86 bits per heavy atom. The van der Waals surface area contributed by atoms with Crippen LogP contribution in [0.2, 0.25) is 0 Å². The minimum atomic E-state index is -0.111. The summed E-state index contributed by atoms with van der Waals surface area (Å²) >= 11 is 0. The second-order valence-electron chi connectivity index (χ2n) is 4.54. The highest BCUT2D eigenvalue weighted by Crippen LogP contribution is 2.37. The molecular weight excluding hydrogens is 174 g/mol. The number of furan rings is 1. The summed E-state index contributed by atoms with van der Waals surface area (Å²) in [5, 5.41) is 0. The van der Waals surface area contributed by atoms with Gasteiger partial charge in [-0.25, -0.2) is 0 Å². The molecule has 14 heavy (non-hydrogen) atoms. The summed E-state index contributed by atoms with van der Waals surface area (Å²) in [7, 11) is 0. The van der Waals surface area contributed by atoms with Crippen molar-refractivity contribution in [3.8, 4) is 0 Å². The van der Waals surface area contributed by atoms with Gasteiger partial charge in [-0.1, -0.05) is 19.3 Å². The molecule has 2 heteroatoms. The van der Waals surface area contributed by atoms with Crippen LogP contribution < -0.4 is 5.73 Å². The van der Waals surface area contributed by atoms with Crippen molar-refractivity contribution in [2.75, 3.05) is 0 Å². The molecule has 1 aromatic heterocycles. The Kier molecular flexibility index (Phi) is 2.40. The van der Waals surface area contributed by atoms with E-state index >= 15 is 0 Å². The van der Waals surface area contributed by atoms with Crippen LogP contribution in [0, 0.1) is 13.8 Å². The zero-order chi connectivity index (χ0) is 10.2. The van der Waals surface area contributed by atoms with Gasteiger partial charge in [-0.05, 0) is 32.8 Å². The molecule has 1 aromatic rings. The SMILES string of the molecule is Cc1cc(C2(N)CCCCC2)c(C)o1. The maximum atomic E-state index is 6.43. The standard InChI is InChI=1S/C12H19NO/c1-9-8-11(10(2)14-9)12(13)6-4-3-5-7-12/h8H,3-7,13H2,1-2H3. The lowest BCUT2D eigenvalue weighted by atomic mass is 9.77. The molecule has 1 aliphatic rings. The van der Waals surface area contributed by atoms with Crippen LogP contribution in [0.4, 0.5) is 0 Å². The molecule has 2 nitrogen and oxygen atoms in total. The van der Waals surface area contributed by atoms with Crippen molar-refractivity contribution in [1.29, 1.82) is 0 Å². The minimum Gasteiger partial charge on any atom is -0.466 e. The Hall–Kier alpha value is -0.760. The maximum Gasteiger partial charge on any atom is 0.106 e. The van der Waals surface area contributed by atoms with Crippen LogP contribution in [0.3, 0.4) is 0 Å². The monoisotopic (exact) mass is 193 g/mol. The van der Waals surface area contributed by atoms with Gasteiger partial charge in [0, 0.05) is 11.1 Å². The first-order valence-corrected chi connectivity index (χ1v) is 5.48. The molecule has 0 spiro atoms. The molecule has 1 saturated carbocycles. The van der Waals surface area contributed by atoms with Gasteiger partial charge in [0.2, 0.25) is 0 Å². The number of nitrogens with two attached hydrogens (primary N) is 1. The Morgan fingerprint density at radius 1 is 1.21 bits per heavy atom. The molecule has 1 fully saturated rings. The summed E-state index contributed by atoms with van der Waals surface area (Å²) in [6.45, 7) is 4.01. The van der Waals surface area contributed by atoms with Crippen LogP contribution in [0.25, 0.3) is 0 Å². The molecule has 1 heterocycles. The van der Waals surface area contributed by atoms with E-state index in [0.29, 0.717) is 0 Å². The predicted molar refractivity (Wildman–Crippen MR) is 57.1 cm³/mol. The van der Waals surface area contributed by atoms with E-state index < -0.39 is 0 Å². The molecule has 0 bridgehead atoms. The first-order valence-electron chi connectivity index (χ1n) is 5.48. The van der Waals surface area contributed by atoms with E-state index in [2.05, 4.69) is 6.07 Å². The Labute approximate surface area is 85.5 Å². The van der Waals surface area contributed by atoms with Crippen LogP contribution in [0.5, 0.6) is 0 Å². The van der Waals surface area contributed by atoms with E-state index in [0.717, 1.165) is 24.4 Å². The van der Waals surface area contributed by atoms with E-state index in [4.69, 9.17) is 10.2 Å². The molecular formula is C12H19NO. The van der Waals surface area contributed by atoms with Gasteiger partial charge in [0.1, 0.15) is 11.5 Å². The first kappa shape index (κ1) is 9.78. The lowest BCUT2D eigenvalue weighted by Crippen LogP contribution is -2.38. The largest absolute Gasteiger partial charge is 0.466 e. The van der Waals surface area contributed by atoms with Gasteiger partial charge in [-0.15, -0.1) is 0 Å². The summed E-state index contributed by atoms with van der Waals surface area (Å²) in [6.07, 6.45) is 6.04. The molecule has 0 saturated heterocycles. The fourth-order valence-electron chi connectivity index (χ4n) is 2.58. The van der Waals surface area contributed by atoms with Crippen LogP contribution in [-0.2, 0) is 5.54 Å². The van der Waals surface area contributed by atoms with Crippen LogP contribution >= 0.6 is 0 Å². The van der Waals surface area contributed by atoms with Gasteiger partial charge >= 0.3 is 0 Å². The summed E-state index contributed by atoms with van der Waals surface area (Å²) in [6, 6.07) is 2.11. The molecule has 0 atom stereocenters. The molecule has 78 valence electrons. The van der Waals surface area contributed by atoms with Crippen molar-refractivity contribution in [3.05, 3.63) is 23.2 Å². The average Bonchev–Trinajstić information content (AvgIpc) is 2.47. The number of rotatable bonds is 1. The third kappa shape index (κ3) is 1.59. The third-order valence-electron chi connectivity index (χ3n) is 3.32. The summed E-state index contributed by atoms with van der Waals surface area (Å²) in [5.41, 5.74) is 7.55. The molecule has 2 N–H and O–H groups in total. The Balaban J connectivity index is 2.32. The van der Waals surface area contributed by atoms with Crippen molar-refractivity contribution < 1.29 is 4.42 Å². The fraction of sp³-hybridized carbons (Fsp3) is 0.667. The highest BCUT2D eigenvalue weighted by molar-refractivity contribution is 5.29. The number of hydrogen-bond acceptors (Lipinski definition) is 2. The van der Waals surface area contributed by atoms with Crippen molar-refractivity contribution in [2.24, 2.45) is 5.73 Å². The second kappa shape index (κ2) is 3.43. The zero-order valence-electron chi connectivity index (χ0n) is 9.10. The molecule has 0 aliphatic heterocycles. The molecule has 2 rings (SSSR count). The van der Waals surface area contributed by atoms with Crippen molar-refractivity contribution in [3.63, 3.8) is 0 Å². The molecule has 0 aromatic carbocycles. The van der Waals surface area contributed by atoms with Gasteiger partial charge in [-0.3, -0.25) is 0 Å². The molecule has 0 unspecified atom stereocenters. The highest BCUT2D eigenvalue weighted by Gasteiger charge is 2.32. The maximum absolute atomic E-state index is 6.43. The molecule has 0 amide bonds. The van der Waals surface area contributed by atoms with E-state index in [-0.39, 0.29) is 5.54 Å². The summed E-state index contributed by atoms with van der Waals surface area (Å²) in [5.74, 6) is 1.99. The Morgan fingerprint density at radius 3 is 2.36 bits per heavy atom. The first-order chi connectivity index (χ1) is 6.62. The number of hydrogen-bond donors (Lipinski definition) is 1. The van der Waals surface area contributed by atoms with E-state index in [9.17, 15) is 0 Å². The zero-order valence-corrected chi connectivity index (χ0v) is 9.10. The van der Waals surface area contributed by atoms with Gasteiger partial charge in [0.05, 0.1) is 0 Å². The van der Waals surface area contributed by atoms with Gasteiger partial charge in [-0.2, -0.15) is 0 Å². The quantitative estimate of drug-likeness (QED) is 0.744. The molecule has 1 aliphatic carbocycles. The fourth-order valence-corrected chi connectivity index (χ4v) is 2.58. The second-order valence-corrected chi connectivity index (χ2v) is 4.54. The van der Waals surface area contributed by atoms with E-state index in [1.165, 1.54) is 24.8 Å². The summed E-state index contributed by atoms with van der Waals surface area (Å²) in [4.78, 5) is 0. The van der Waals surface area contributed by atoms with Crippen LogP contribution in [0.1, 0.15) is 49.2 Å². The number of aryl methyl sites for hydroxylation is 2. The highest BCUT2D eigenvalue weighted by atomic mass is 16.3. The van der Waals surface area contributed by atoms with Gasteiger partial charge in [0.15, 0.2) is 0 Å². The van der Waals surface area contributed by atoms with Gasteiger partial charge in [0.25, 0.3) is 0 Å². The average molecular weight is 193 g/mol. The lowest BCUT2D eigenvalue weighted by molar-refractivity contribution is 0.297. The third-order valence-corrected chi connectivity index (χ3v) is 3.32. The molecule has 0 radical (unpaired) electrons.